The Hall–Kier alpha value is -0.480. The van der Waals surface area contributed by atoms with Crippen LogP contribution in [0.3, 0.4) is 0 Å². The number of alkyl carbamates (subject to hydrolysis) is 1. The lowest BCUT2D eigenvalue weighted by Gasteiger charge is -2.01. The molecule has 4 nitrogen and oxygen atoms in total. The van der Waals surface area contributed by atoms with E-state index in [1.165, 1.54) is 0 Å². The zero-order valence-corrected chi connectivity index (χ0v) is 6.74. The Morgan fingerprint density at radius 1 is 1.70 bits per heavy atom. The fourth-order valence-electron chi connectivity index (χ4n) is 0.356. The van der Waals surface area contributed by atoms with Gasteiger partial charge in [0.1, 0.15) is 0 Å². The van der Waals surface area contributed by atoms with Crippen molar-refractivity contribution in [3.63, 3.8) is 0 Å². The fourth-order valence-corrected chi connectivity index (χ4v) is 0.356. The molecule has 0 saturated heterocycles. The van der Waals surface area contributed by atoms with E-state index in [0.29, 0.717) is 19.7 Å². The van der Waals surface area contributed by atoms with Gasteiger partial charge in [0.15, 0.2) is 0 Å². The van der Waals surface area contributed by atoms with E-state index in [1.807, 2.05) is 0 Å². The average Bonchev–Trinajstić information content (AvgIpc) is 1.85. The van der Waals surface area contributed by atoms with E-state index in [0.717, 1.165) is 0 Å². The van der Waals surface area contributed by atoms with E-state index in [9.17, 15) is 4.79 Å². The van der Waals surface area contributed by atoms with Crippen LogP contribution in [0.25, 0.3) is 0 Å². The van der Waals surface area contributed by atoms with Crippen molar-refractivity contribution in [2.75, 3.05) is 19.7 Å². The zero-order chi connectivity index (χ0) is 7.11. The van der Waals surface area contributed by atoms with E-state index in [1.54, 1.807) is 6.92 Å². The van der Waals surface area contributed by atoms with Crippen LogP contribution in [0.15, 0.2) is 0 Å². The molecule has 0 aliphatic heterocycles. The molecule has 0 atom stereocenters. The highest BCUT2D eigenvalue weighted by atomic mass is 35.5. The Balaban J connectivity index is 0. The molecule has 0 saturated carbocycles. The number of halogens is 1. The highest BCUT2D eigenvalue weighted by Gasteiger charge is 1.94. The van der Waals surface area contributed by atoms with Crippen molar-refractivity contribution in [2.24, 2.45) is 5.73 Å². The highest BCUT2D eigenvalue weighted by molar-refractivity contribution is 5.85. The van der Waals surface area contributed by atoms with Gasteiger partial charge in [0.05, 0.1) is 6.61 Å². The molecule has 0 aliphatic rings. The molecule has 0 spiro atoms. The van der Waals surface area contributed by atoms with Crippen molar-refractivity contribution < 1.29 is 9.53 Å². The molecule has 10 heavy (non-hydrogen) atoms. The third-order valence-electron chi connectivity index (χ3n) is 0.689. The summed E-state index contributed by atoms with van der Waals surface area (Å²) in [5.41, 5.74) is 5.10. The molecular weight excluding hydrogens is 156 g/mol. The van der Waals surface area contributed by atoms with Crippen LogP contribution < -0.4 is 11.1 Å². The second kappa shape index (κ2) is 8.52. The smallest absolute Gasteiger partial charge is 0.407 e. The van der Waals surface area contributed by atoms with E-state index in [4.69, 9.17) is 5.73 Å². The second-order valence-corrected chi connectivity index (χ2v) is 1.44. The Morgan fingerprint density at radius 3 is 2.70 bits per heavy atom. The number of nitrogens with one attached hydrogen (secondary N) is 1. The fraction of sp³-hybridized carbons (Fsp3) is 0.800. The minimum absolute atomic E-state index is 0. The first-order chi connectivity index (χ1) is 4.31. The zero-order valence-electron chi connectivity index (χ0n) is 5.92. The minimum atomic E-state index is -0.400. The normalized spacial score (nSPS) is 7.80. The van der Waals surface area contributed by atoms with Gasteiger partial charge in [-0.3, -0.25) is 0 Å². The standard InChI is InChI=1S/C5H12N2O2.ClH/c1-2-9-5(8)7-4-3-6;/h2-4,6H2,1H3,(H,7,8);1H. The number of rotatable bonds is 3. The maximum Gasteiger partial charge on any atom is 0.407 e. The summed E-state index contributed by atoms with van der Waals surface area (Å²) in [7, 11) is 0. The first-order valence-electron chi connectivity index (χ1n) is 2.92. The van der Waals surface area contributed by atoms with E-state index in [-0.39, 0.29) is 12.4 Å². The SMILES string of the molecule is CCOC(=O)NCCN.Cl. The lowest BCUT2D eigenvalue weighted by molar-refractivity contribution is 0.152. The van der Waals surface area contributed by atoms with Crippen LogP contribution in [0.4, 0.5) is 4.79 Å². The lowest BCUT2D eigenvalue weighted by Crippen LogP contribution is -2.29. The number of hydrogen-bond acceptors (Lipinski definition) is 3. The van der Waals surface area contributed by atoms with Crippen LogP contribution >= 0.6 is 12.4 Å². The van der Waals surface area contributed by atoms with Crippen molar-refractivity contribution in [2.45, 2.75) is 6.92 Å². The van der Waals surface area contributed by atoms with Crippen molar-refractivity contribution >= 4 is 18.5 Å². The van der Waals surface area contributed by atoms with Gasteiger partial charge in [-0.1, -0.05) is 0 Å². The predicted molar refractivity (Wildman–Crippen MR) is 41.3 cm³/mol. The Kier molecular flexibility index (Phi) is 10.4. The predicted octanol–water partition coefficient (Wildman–Crippen LogP) is 0.113. The molecule has 62 valence electrons. The lowest BCUT2D eigenvalue weighted by atomic mass is 10.6. The number of carbonyl (C=O) groups excluding carboxylic acids is 1. The van der Waals surface area contributed by atoms with Crippen LogP contribution in [0.2, 0.25) is 0 Å². The van der Waals surface area contributed by atoms with Gasteiger partial charge in [0.25, 0.3) is 0 Å². The molecule has 0 heterocycles. The van der Waals surface area contributed by atoms with Crippen LogP contribution in [0, 0.1) is 0 Å². The maximum atomic E-state index is 10.4. The third-order valence-corrected chi connectivity index (χ3v) is 0.689. The summed E-state index contributed by atoms with van der Waals surface area (Å²) in [4.78, 5) is 10.4. The van der Waals surface area contributed by atoms with Gasteiger partial charge in [-0.15, -0.1) is 12.4 Å². The molecular formula is C5H13ClN2O2. The number of nitrogens with two attached hydrogens (primary N) is 1. The van der Waals surface area contributed by atoms with Crippen molar-refractivity contribution in [1.29, 1.82) is 0 Å². The Labute approximate surface area is 66.5 Å². The summed E-state index contributed by atoms with van der Waals surface area (Å²) in [6.07, 6.45) is -0.400. The summed E-state index contributed by atoms with van der Waals surface area (Å²) >= 11 is 0. The quantitative estimate of drug-likeness (QED) is 0.629. The Morgan fingerprint density at radius 2 is 2.30 bits per heavy atom. The molecule has 0 radical (unpaired) electrons. The molecule has 0 aromatic rings. The van der Waals surface area contributed by atoms with E-state index < -0.39 is 6.09 Å². The molecule has 0 rings (SSSR count). The number of hydrogen-bond donors (Lipinski definition) is 2. The molecule has 0 fully saturated rings. The third kappa shape index (κ3) is 7.52. The van der Waals surface area contributed by atoms with Gasteiger partial charge < -0.3 is 15.8 Å². The molecule has 0 bridgehead atoms. The second-order valence-electron chi connectivity index (χ2n) is 1.44. The number of amides is 1. The topological polar surface area (TPSA) is 64.3 Å². The molecule has 0 aromatic heterocycles. The summed E-state index contributed by atoms with van der Waals surface area (Å²) in [6.45, 7) is 3.07. The van der Waals surface area contributed by atoms with Gasteiger partial charge in [-0.25, -0.2) is 4.79 Å². The molecule has 3 N–H and O–H groups in total. The largest absolute Gasteiger partial charge is 0.450 e. The van der Waals surface area contributed by atoms with E-state index in [2.05, 4.69) is 10.1 Å². The van der Waals surface area contributed by atoms with Crippen LogP contribution in [-0.4, -0.2) is 25.8 Å². The minimum Gasteiger partial charge on any atom is -0.450 e. The summed E-state index contributed by atoms with van der Waals surface area (Å²) in [5, 5.41) is 2.45. The first kappa shape index (κ1) is 12.2. The molecule has 5 heteroatoms. The van der Waals surface area contributed by atoms with Crippen LogP contribution in [0.5, 0.6) is 0 Å². The molecule has 0 unspecified atom stereocenters. The van der Waals surface area contributed by atoms with Crippen molar-refractivity contribution in [1.82, 2.24) is 5.32 Å². The first-order valence-corrected chi connectivity index (χ1v) is 2.92. The van der Waals surface area contributed by atoms with E-state index >= 15 is 0 Å². The van der Waals surface area contributed by atoms with Crippen LogP contribution in [-0.2, 0) is 4.74 Å². The monoisotopic (exact) mass is 168 g/mol. The van der Waals surface area contributed by atoms with Gasteiger partial charge >= 0.3 is 6.09 Å². The summed E-state index contributed by atoms with van der Waals surface area (Å²) in [6, 6.07) is 0. The van der Waals surface area contributed by atoms with Crippen LogP contribution in [0.1, 0.15) is 6.92 Å². The van der Waals surface area contributed by atoms with Gasteiger partial charge in [0.2, 0.25) is 0 Å². The maximum absolute atomic E-state index is 10.4. The van der Waals surface area contributed by atoms with Crippen molar-refractivity contribution in [3.05, 3.63) is 0 Å². The molecule has 0 aromatic carbocycles. The summed E-state index contributed by atoms with van der Waals surface area (Å²) in [5.74, 6) is 0. The summed E-state index contributed by atoms with van der Waals surface area (Å²) < 4.78 is 4.54. The highest BCUT2D eigenvalue weighted by Crippen LogP contribution is 1.72. The number of carbonyl (C=O) groups is 1. The van der Waals surface area contributed by atoms with Gasteiger partial charge in [-0.05, 0) is 6.92 Å². The van der Waals surface area contributed by atoms with Crippen molar-refractivity contribution in [3.8, 4) is 0 Å². The van der Waals surface area contributed by atoms with Gasteiger partial charge in [0, 0.05) is 13.1 Å². The van der Waals surface area contributed by atoms with Gasteiger partial charge in [-0.2, -0.15) is 0 Å². The Bertz CT molecular complexity index is 89.7. The molecule has 0 aliphatic carbocycles. The average molecular weight is 169 g/mol. The molecule has 1 amide bonds. The number of ether oxygens (including phenoxy) is 1.